The first-order valence-electron chi connectivity index (χ1n) is 5.30. The van der Waals surface area contributed by atoms with Crippen molar-refractivity contribution in [1.82, 2.24) is 10.6 Å². The second-order valence-electron chi connectivity index (χ2n) is 4.46. The molecule has 2 aliphatic rings. The molecule has 1 aliphatic heterocycles. The normalized spacial score (nSPS) is 41.9. The van der Waals surface area contributed by atoms with E-state index in [1.165, 1.54) is 0 Å². The molecule has 3 nitrogen and oxygen atoms in total. The predicted octanol–water partition coefficient (Wildman–Crippen LogP) is 0.810. The average Bonchev–Trinajstić information content (AvgIpc) is 2.69. The van der Waals surface area contributed by atoms with Crippen LogP contribution in [0.15, 0.2) is 0 Å². The maximum atomic E-state index is 11.7. The Bertz CT molecular complexity index is 228. The lowest BCUT2D eigenvalue weighted by atomic mass is 9.71. The molecule has 4 heteroatoms. The molecule has 2 rings (SSSR count). The molecule has 0 aromatic rings. The molecule has 2 N–H and O–H groups in total. The molecule has 0 aromatic carbocycles. The topological polar surface area (TPSA) is 41.1 Å². The first-order chi connectivity index (χ1) is 6.68. The summed E-state index contributed by atoms with van der Waals surface area (Å²) < 4.78 is 0. The van der Waals surface area contributed by atoms with Crippen molar-refractivity contribution >= 4 is 17.7 Å². The summed E-state index contributed by atoms with van der Waals surface area (Å²) in [6, 6.07) is 0.466. The summed E-state index contributed by atoms with van der Waals surface area (Å²) in [6.07, 6.45) is 1.15. The number of hydrogen-bond donors (Lipinski definition) is 2. The van der Waals surface area contributed by atoms with Gasteiger partial charge in [0.25, 0.3) is 0 Å². The lowest BCUT2D eigenvalue weighted by molar-refractivity contribution is -0.124. The van der Waals surface area contributed by atoms with Crippen LogP contribution in [-0.2, 0) is 4.79 Å². The Balaban J connectivity index is 1.77. The van der Waals surface area contributed by atoms with E-state index in [2.05, 4.69) is 24.5 Å². The highest BCUT2D eigenvalue weighted by Gasteiger charge is 2.36. The number of hydrogen-bond acceptors (Lipinski definition) is 3. The minimum atomic E-state index is 0.0445. The van der Waals surface area contributed by atoms with Gasteiger partial charge in [-0.15, -0.1) is 11.8 Å². The number of carbonyl (C=O) groups is 1. The van der Waals surface area contributed by atoms with Gasteiger partial charge in [-0.2, -0.15) is 0 Å². The summed E-state index contributed by atoms with van der Waals surface area (Å²) in [5.41, 5.74) is 0. The third-order valence-corrected chi connectivity index (χ3v) is 4.46. The fourth-order valence-electron chi connectivity index (χ4n) is 2.07. The van der Waals surface area contributed by atoms with Gasteiger partial charge in [-0.3, -0.25) is 10.1 Å². The van der Waals surface area contributed by atoms with E-state index in [1.54, 1.807) is 11.8 Å². The maximum absolute atomic E-state index is 11.7. The van der Waals surface area contributed by atoms with Crippen LogP contribution < -0.4 is 10.6 Å². The average molecular weight is 214 g/mol. The van der Waals surface area contributed by atoms with E-state index in [9.17, 15) is 4.79 Å². The van der Waals surface area contributed by atoms with Crippen molar-refractivity contribution in [3.8, 4) is 0 Å². The molecule has 0 aromatic heterocycles. The van der Waals surface area contributed by atoms with Gasteiger partial charge in [0.2, 0.25) is 5.91 Å². The van der Waals surface area contributed by atoms with E-state index < -0.39 is 0 Å². The first-order valence-corrected chi connectivity index (χ1v) is 6.45. The molecule has 1 saturated heterocycles. The molecule has 1 saturated carbocycles. The molecule has 0 radical (unpaired) electrons. The predicted molar refractivity (Wildman–Crippen MR) is 59.1 cm³/mol. The van der Waals surface area contributed by atoms with E-state index in [4.69, 9.17) is 0 Å². The van der Waals surface area contributed by atoms with Crippen LogP contribution >= 0.6 is 11.8 Å². The lowest BCUT2D eigenvalue weighted by Gasteiger charge is -2.41. The Hall–Kier alpha value is -0.220. The highest BCUT2D eigenvalue weighted by atomic mass is 32.2. The standard InChI is InChI=1S/C10H18N2OS/c1-6-3-8(7(6)2)12-10(13)9-4-14-5-11-9/h6-9,11H,3-5H2,1-2H3,(H,12,13). The van der Waals surface area contributed by atoms with E-state index in [0.29, 0.717) is 12.0 Å². The Morgan fingerprint density at radius 1 is 1.50 bits per heavy atom. The lowest BCUT2D eigenvalue weighted by Crippen LogP contribution is -2.54. The summed E-state index contributed by atoms with van der Waals surface area (Å²) in [4.78, 5) is 11.7. The zero-order valence-corrected chi connectivity index (χ0v) is 9.56. The molecular weight excluding hydrogens is 196 g/mol. The number of amides is 1. The first kappa shape index (κ1) is 10.3. The van der Waals surface area contributed by atoms with Crippen LogP contribution in [0.25, 0.3) is 0 Å². The van der Waals surface area contributed by atoms with Gasteiger partial charge in [-0.25, -0.2) is 0 Å². The quantitative estimate of drug-likeness (QED) is 0.715. The van der Waals surface area contributed by atoms with E-state index in [1.807, 2.05) is 0 Å². The van der Waals surface area contributed by atoms with Crippen molar-refractivity contribution in [2.75, 3.05) is 11.6 Å². The third kappa shape index (κ3) is 1.91. The summed E-state index contributed by atoms with van der Waals surface area (Å²) >= 11 is 1.79. The zero-order valence-electron chi connectivity index (χ0n) is 8.75. The van der Waals surface area contributed by atoms with E-state index in [0.717, 1.165) is 24.0 Å². The maximum Gasteiger partial charge on any atom is 0.238 e. The smallest absolute Gasteiger partial charge is 0.238 e. The number of rotatable bonds is 2. The summed E-state index contributed by atoms with van der Waals surface area (Å²) in [5.74, 6) is 3.44. The molecule has 4 atom stereocenters. The molecule has 80 valence electrons. The zero-order chi connectivity index (χ0) is 10.1. The number of carbonyl (C=O) groups excluding carboxylic acids is 1. The number of nitrogens with one attached hydrogen (secondary N) is 2. The second kappa shape index (κ2) is 4.11. The SMILES string of the molecule is CC1CC(NC(=O)C2CSCN2)C1C. The fourth-order valence-corrected chi connectivity index (χ4v) is 3.01. The van der Waals surface area contributed by atoms with Crippen LogP contribution in [0.5, 0.6) is 0 Å². The van der Waals surface area contributed by atoms with Crippen LogP contribution in [-0.4, -0.2) is 29.6 Å². The molecular formula is C10H18N2OS. The Kier molecular flexibility index (Phi) is 3.02. The van der Waals surface area contributed by atoms with Gasteiger partial charge < -0.3 is 5.32 Å². The van der Waals surface area contributed by atoms with Gasteiger partial charge in [0, 0.05) is 17.7 Å². The van der Waals surface area contributed by atoms with Crippen molar-refractivity contribution in [1.29, 1.82) is 0 Å². The molecule has 4 unspecified atom stereocenters. The minimum absolute atomic E-state index is 0.0445. The summed E-state index contributed by atoms with van der Waals surface area (Å²) in [6.45, 7) is 4.47. The fraction of sp³-hybridized carbons (Fsp3) is 0.900. The van der Waals surface area contributed by atoms with Gasteiger partial charge >= 0.3 is 0 Å². The van der Waals surface area contributed by atoms with Gasteiger partial charge in [-0.1, -0.05) is 13.8 Å². The molecule has 1 aliphatic carbocycles. The van der Waals surface area contributed by atoms with Gasteiger partial charge in [0.1, 0.15) is 0 Å². The Morgan fingerprint density at radius 3 is 2.79 bits per heavy atom. The molecule has 2 fully saturated rings. The molecule has 1 amide bonds. The van der Waals surface area contributed by atoms with Crippen molar-refractivity contribution in [2.24, 2.45) is 11.8 Å². The van der Waals surface area contributed by atoms with Crippen molar-refractivity contribution in [3.63, 3.8) is 0 Å². The minimum Gasteiger partial charge on any atom is -0.352 e. The van der Waals surface area contributed by atoms with Crippen molar-refractivity contribution in [2.45, 2.75) is 32.4 Å². The van der Waals surface area contributed by atoms with Crippen LogP contribution in [0, 0.1) is 11.8 Å². The number of thioether (sulfide) groups is 1. The molecule has 0 bridgehead atoms. The van der Waals surface area contributed by atoms with Crippen molar-refractivity contribution in [3.05, 3.63) is 0 Å². The molecule has 14 heavy (non-hydrogen) atoms. The summed E-state index contributed by atoms with van der Waals surface area (Å²) in [5, 5.41) is 6.31. The van der Waals surface area contributed by atoms with Crippen LogP contribution in [0.4, 0.5) is 0 Å². The van der Waals surface area contributed by atoms with Gasteiger partial charge in [-0.05, 0) is 18.3 Å². The van der Waals surface area contributed by atoms with Crippen LogP contribution in [0.3, 0.4) is 0 Å². The third-order valence-electron chi connectivity index (χ3n) is 3.52. The van der Waals surface area contributed by atoms with Crippen LogP contribution in [0.1, 0.15) is 20.3 Å². The largest absolute Gasteiger partial charge is 0.352 e. The van der Waals surface area contributed by atoms with Crippen molar-refractivity contribution < 1.29 is 4.79 Å². The summed E-state index contributed by atoms with van der Waals surface area (Å²) in [7, 11) is 0. The van der Waals surface area contributed by atoms with Gasteiger partial charge in [0.05, 0.1) is 6.04 Å². The highest BCUT2D eigenvalue weighted by Crippen LogP contribution is 2.33. The highest BCUT2D eigenvalue weighted by molar-refractivity contribution is 7.99. The molecule has 1 heterocycles. The Labute approximate surface area is 89.4 Å². The second-order valence-corrected chi connectivity index (χ2v) is 5.49. The van der Waals surface area contributed by atoms with Gasteiger partial charge in [0.15, 0.2) is 0 Å². The van der Waals surface area contributed by atoms with Crippen LogP contribution in [0.2, 0.25) is 0 Å². The monoisotopic (exact) mass is 214 g/mol. The van der Waals surface area contributed by atoms with E-state index >= 15 is 0 Å². The molecule has 0 spiro atoms. The Morgan fingerprint density at radius 2 is 2.29 bits per heavy atom. The van der Waals surface area contributed by atoms with E-state index in [-0.39, 0.29) is 11.9 Å².